The third kappa shape index (κ3) is 4.14. The second-order valence-corrected chi connectivity index (χ2v) is 6.47. The normalized spacial score (nSPS) is 10.1. The molecule has 1 heterocycles. The Hall–Kier alpha value is -1.21. The lowest BCUT2D eigenvalue weighted by atomic mass is 10.2. The highest BCUT2D eigenvalue weighted by Gasteiger charge is 2.02. The average Bonchev–Trinajstić information content (AvgIpc) is 2.83. The molecule has 2 rings (SSSR count). The van der Waals surface area contributed by atoms with Gasteiger partial charge < -0.3 is 5.11 Å². The van der Waals surface area contributed by atoms with Crippen LogP contribution in [-0.4, -0.2) is 11.7 Å². The van der Waals surface area contributed by atoms with E-state index in [0.29, 0.717) is 0 Å². The fraction of sp³-hybridized carbons (Fsp3) is 0.250. The number of aryl methyl sites for hydroxylation is 2. The Morgan fingerprint density at radius 1 is 1.21 bits per heavy atom. The first-order valence-corrected chi connectivity index (χ1v) is 7.88. The Kier molecular flexibility index (Phi) is 5.09. The Balaban J connectivity index is 2.00. The molecule has 98 valence electrons. The summed E-state index contributed by atoms with van der Waals surface area (Å²) in [6.45, 7) is 4.19. The lowest BCUT2D eigenvalue weighted by molar-refractivity contribution is 0.350. The fourth-order valence-corrected chi connectivity index (χ4v) is 3.69. The number of hydrogen-bond donors (Lipinski definition) is 1. The number of aliphatic hydroxyl groups is 1. The highest BCUT2D eigenvalue weighted by Crippen LogP contribution is 2.29. The minimum Gasteiger partial charge on any atom is -0.384 e. The Labute approximate surface area is 122 Å². The van der Waals surface area contributed by atoms with Gasteiger partial charge in [0.05, 0.1) is 4.88 Å². The van der Waals surface area contributed by atoms with E-state index in [1.807, 2.05) is 17.8 Å². The number of hydrogen-bond acceptors (Lipinski definition) is 3. The van der Waals surface area contributed by atoms with E-state index in [9.17, 15) is 0 Å². The van der Waals surface area contributed by atoms with Crippen molar-refractivity contribution in [2.45, 2.75) is 24.5 Å². The first-order chi connectivity index (χ1) is 9.19. The monoisotopic (exact) mass is 288 g/mol. The van der Waals surface area contributed by atoms with Crippen LogP contribution in [0.5, 0.6) is 0 Å². The summed E-state index contributed by atoms with van der Waals surface area (Å²) in [5.41, 5.74) is 2.64. The van der Waals surface area contributed by atoms with E-state index < -0.39 is 0 Å². The Morgan fingerprint density at radius 2 is 2.05 bits per heavy atom. The number of thiophene rings is 1. The lowest BCUT2D eigenvalue weighted by Crippen LogP contribution is -1.82. The van der Waals surface area contributed by atoms with Crippen LogP contribution in [-0.2, 0) is 5.75 Å². The van der Waals surface area contributed by atoms with Crippen molar-refractivity contribution in [1.29, 1.82) is 0 Å². The van der Waals surface area contributed by atoms with Crippen LogP contribution < -0.4 is 0 Å². The summed E-state index contributed by atoms with van der Waals surface area (Å²) >= 11 is 3.55. The van der Waals surface area contributed by atoms with E-state index in [2.05, 4.69) is 50.0 Å². The summed E-state index contributed by atoms with van der Waals surface area (Å²) in [6.07, 6.45) is 0. The van der Waals surface area contributed by atoms with Crippen molar-refractivity contribution < 1.29 is 5.11 Å². The Bertz CT molecular complexity index is 617. The molecule has 0 spiro atoms. The van der Waals surface area contributed by atoms with Gasteiger partial charge in [-0.1, -0.05) is 29.5 Å². The maximum atomic E-state index is 8.67. The highest BCUT2D eigenvalue weighted by atomic mass is 32.2. The zero-order valence-electron chi connectivity index (χ0n) is 11.1. The van der Waals surface area contributed by atoms with E-state index in [4.69, 9.17) is 5.11 Å². The molecular formula is C16H16OS2. The molecule has 0 amide bonds. The van der Waals surface area contributed by atoms with Crippen molar-refractivity contribution in [3.63, 3.8) is 0 Å². The van der Waals surface area contributed by atoms with E-state index in [-0.39, 0.29) is 6.61 Å². The van der Waals surface area contributed by atoms with Gasteiger partial charge in [0.2, 0.25) is 0 Å². The molecule has 0 atom stereocenters. The molecule has 1 aromatic heterocycles. The topological polar surface area (TPSA) is 20.2 Å². The maximum Gasteiger partial charge on any atom is 0.104 e. The van der Waals surface area contributed by atoms with Crippen molar-refractivity contribution in [2.75, 3.05) is 6.61 Å². The minimum absolute atomic E-state index is 0.0788. The second kappa shape index (κ2) is 6.81. The zero-order valence-corrected chi connectivity index (χ0v) is 12.7. The van der Waals surface area contributed by atoms with Gasteiger partial charge in [-0.2, -0.15) is 0 Å². The Morgan fingerprint density at radius 3 is 2.79 bits per heavy atom. The van der Waals surface area contributed by atoms with Crippen LogP contribution >= 0.6 is 23.1 Å². The second-order valence-electron chi connectivity index (χ2n) is 4.28. The van der Waals surface area contributed by atoms with Crippen LogP contribution in [0.15, 0.2) is 35.2 Å². The van der Waals surface area contributed by atoms with E-state index >= 15 is 0 Å². The van der Waals surface area contributed by atoms with Crippen molar-refractivity contribution in [3.05, 3.63) is 51.2 Å². The molecule has 0 aliphatic carbocycles. The molecule has 0 unspecified atom stereocenters. The summed E-state index contributed by atoms with van der Waals surface area (Å²) in [5.74, 6) is 6.58. The quantitative estimate of drug-likeness (QED) is 0.680. The molecule has 0 aliphatic heterocycles. The number of rotatable bonds is 3. The van der Waals surface area contributed by atoms with Gasteiger partial charge >= 0.3 is 0 Å². The van der Waals surface area contributed by atoms with Gasteiger partial charge in [0, 0.05) is 15.5 Å². The predicted molar refractivity (Wildman–Crippen MR) is 83.8 cm³/mol. The molecule has 0 radical (unpaired) electrons. The summed E-state index contributed by atoms with van der Waals surface area (Å²) in [7, 11) is 0. The standard InChI is InChI=1S/C16H16OS2/c1-12-5-8-16(13(2)10-12)18-11-15-7-6-14(19-15)4-3-9-17/h5-8,10,17H,9,11H2,1-2H3. The van der Waals surface area contributed by atoms with Crippen LogP contribution in [0.3, 0.4) is 0 Å². The number of thioether (sulfide) groups is 1. The molecule has 0 aliphatic rings. The molecule has 0 saturated heterocycles. The molecule has 1 aromatic carbocycles. The third-order valence-corrected chi connectivity index (χ3v) is 5.06. The van der Waals surface area contributed by atoms with Gasteiger partial charge in [-0.15, -0.1) is 23.1 Å². The minimum atomic E-state index is -0.0788. The molecule has 0 bridgehead atoms. The molecule has 0 saturated carbocycles. The smallest absolute Gasteiger partial charge is 0.104 e. The molecular weight excluding hydrogens is 272 g/mol. The molecule has 1 N–H and O–H groups in total. The SMILES string of the molecule is Cc1ccc(SCc2ccc(C#CCO)s2)c(C)c1. The molecule has 0 fully saturated rings. The van der Waals surface area contributed by atoms with Gasteiger partial charge in [0.15, 0.2) is 0 Å². The largest absolute Gasteiger partial charge is 0.384 e. The van der Waals surface area contributed by atoms with E-state index in [0.717, 1.165) is 10.6 Å². The summed E-state index contributed by atoms with van der Waals surface area (Å²) in [4.78, 5) is 3.67. The summed E-state index contributed by atoms with van der Waals surface area (Å²) < 4.78 is 0. The molecule has 1 nitrogen and oxygen atoms in total. The highest BCUT2D eigenvalue weighted by molar-refractivity contribution is 7.98. The predicted octanol–water partition coefficient (Wildman–Crippen LogP) is 4.00. The van der Waals surface area contributed by atoms with Crippen LogP contribution in [0, 0.1) is 25.7 Å². The van der Waals surface area contributed by atoms with Crippen molar-refractivity contribution >= 4 is 23.1 Å². The number of benzene rings is 1. The maximum absolute atomic E-state index is 8.67. The van der Waals surface area contributed by atoms with Crippen molar-refractivity contribution in [3.8, 4) is 11.8 Å². The third-order valence-electron chi connectivity index (χ3n) is 2.65. The summed E-state index contributed by atoms with van der Waals surface area (Å²) in [6, 6.07) is 10.7. The lowest BCUT2D eigenvalue weighted by Gasteiger charge is -2.05. The van der Waals surface area contributed by atoms with Crippen LogP contribution in [0.4, 0.5) is 0 Å². The molecule has 3 heteroatoms. The number of aliphatic hydroxyl groups excluding tert-OH is 1. The first kappa shape index (κ1) is 14.2. The van der Waals surface area contributed by atoms with E-state index in [1.165, 1.54) is 20.9 Å². The van der Waals surface area contributed by atoms with Crippen LogP contribution in [0.25, 0.3) is 0 Å². The van der Waals surface area contributed by atoms with Gasteiger partial charge in [-0.05, 0) is 37.6 Å². The zero-order chi connectivity index (χ0) is 13.7. The van der Waals surface area contributed by atoms with E-state index in [1.54, 1.807) is 11.3 Å². The van der Waals surface area contributed by atoms with Gasteiger partial charge in [-0.3, -0.25) is 0 Å². The van der Waals surface area contributed by atoms with Crippen molar-refractivity contribution in [1.82, 2.24) is 0 Å². The van der Waals surface area contributed by atoms with Crippen LogP contribution in [0.1, 0.15) is 20.9 Å². The van der Waals surface area contributed by atoms with Gasteiger partial charge in [0.1, 0.15) is 6.61 Å². The molecule has 2 aromatic rings. The van der Waals surface area contributed by atoms with Crippen molar-refractivity contribution in [2.24, 2.45) is 0 Å². The van der Waals surface area contributed by atoms with Gasteiger partial charge in [0.25, 0.3) is 0 Å². The average molecular weight is 288 g/mol. The fourth-order valence-electron chi connectivity index (χ4n) is 1.76. The first-order valence-electron chi connectivity index (χ1n) is 6.07. The molecule has 19 heavy (non-hydrogen) atoms. The van der Waals surface area contributed by atoms with Gasteiger partial charge in [-0.25, -0.2) is 0 Å². The van der Waals surface area contributed by atoms with Crippen LogP contribution in [0.2, 0.25) is 0 Å². The summed E-state index contributed by atoms with van der Waals surface area (Å²) in [5, 5.41) is 8.67.